The van der Waals surface area contributed by atoms with Crippen molar-refractivity contribution in [2.75, 3.05) is 5.73 Å². The van der Waals surface area contributed by atoms with Gasteiger partial charge in [-0.25, -0.2) is 0 Å². The average molecular weight is 212 g/mol. The van der Waals surface area contributed by atoms with Crippen LogP contribution in [0.1, 0.15) is 24.3 Å². The molecule has 1 aromatic rings. The van der Waals surface area contributed by atoms with Gasteiger partial charge in [0.1, 0.15) is 0 Å². The maximum atomic E-state index is 11.4. The summed E-state index contributed by atoms with van der Waals surface area (Å²) in [6.45, 7) is 5.84. The predicted octanol–water partition coefficient (Wildman–Crippen LogP) is 1.71. The van der Waals surface area contributed by atoms with Gasteiger partial charge >= 0.3 is 0 Å². The van der Waals surface area contributed by atoms with Crippen molar-refractivity contribution in [3.8, 4) is 0 Å². The van der Waals surface area contributed by atoms with Gasteiger partial charge in [-0.15, -0.1) is 11.3 Å². The molecule has 1 aromatic heterocycles. The first-order valence-electron chi connectivity index (χ1n) is 4.62. The van der Waals surface area contributed by atoms with Crippen LogP contribution in [0.2, 0.25) is 0 Å². The fraction of sp³-hybridized carbons (Fsp3) is 0.500. The fourth-order valence-electron chi connectivity index (χ4n) is 1.16. The molecule has 1 heterocycles. The highest BCUT2D eigenvalue weighted by atomic mass is 32.1. The summed E-state index contributed by atoms with van der Waals surface area (Å²) in [5.74, 6) is 0.0357. The Morgan fingerprint density at radius 2 is 2.29 bits per heavy atom. The number of hydrogen-bond donors (Lipinski definition) is 2. The number of carbonyl (C=O) groups excluding carboxylic acids is 1. The third-order valence-corrected chi connectivity index (χ3v) is 2.99. The predicted molar refractivity (Wildman–Crippen MR) is 60.5 cm³/mol. The zero-order valence-electron chi connectivity index (χ0n) is 8.76. The Kier molecular flexibility index (Phi) is 3.52. The van der Waals surface area contributed by atoms with E-state index in [4.69, 9.17) is 5.73 Å². The molecular formula is C10H16N2OS. The Bertz CT molecular complexity index is 331. The third kappa shape index (κ3) is 2.73. The van der Waals surface area contributed by atoms with E-state index < -0.39 is 0 Å². The lowest BCUT2D eigenvalue weighted by Gasteiger charge is -2.07. The topological polar surface area (TPSA) is 55.1 Å². The Morgan fingerprint density at radius 3 is 2.71 bits per heavy atom. The summed E-state index contributed by atoms with van der Waals surface area (Å²) in [6, 6.07) is 0.185. The first kappa shape index (κ1) is 11.0. The molecule has 0 aliphatic heterocycles. The van der Waals surface area contributed by atoms with E-state index in [2.05, 4.69) is 5.32 Å². The Balaban J connectivity index is 2.61. The molecule has 0 bridgehead atoms. The highest BCUT2D eigenvalue weighted by molar-refractivity contribution is 7.10. The molecule has 0 saturated heterocycles. The van der Waals surface area contributed by atoms with Crippen LogP contribution in [0.4, 0.5) is 5.69 Å². The molecule has 1 rings (SSSR count). The Labute approximate surface area is 88.3 Å². The van der Waals surface area contributed by atoms with Crippen LogP contribution in [-0.2, 0) is 11.2 Å². The first-order valence-corrected chi connectivity index (χ1v) is 5.50. The molecule has 78 valence electrons. The van der Waals surface area contributed by atoms with Crippen molar-refractivity contribution in [1.82, 2.24) is 5.32 Å². The molecule has 0 aromatic carbocycles. The lowest BCUT2D eigenvalue weighted by atomic mass is 10.2. The van der Waals surface area contributed by atoms with Crippen LogP contribution in [0.3, 0.4) is 0 Å². The number of nitrogens with two attached hydrogens (primary N) is 1. The fourth-order valence-corrected chi connectivity index (χ4v) is 2.11. The largest absolute Gasteiger partial charge is 0.398 e. The maximum Gasteiger partial charge on any atom is 0.225 e. The summed E-state index contributed by atoms with van der Waals surface area (Å²) in [5, 5.41) is 4.82. The molecule has 0 atom stereocenters. The van der Waals surface area contributed by atoms with Gasteiger partial charge in [0.2, 0.25) is 5.91 Å². The van der Waals surface area contributed by atoms with Crippen LogP contribution < -0.4 is 11.1 Å². The van der Waals surface area contributed by atoms with Gasteiger partial charge in [0.05, 0.1) is 6.42 Å². The standard InChI is InChI=1S/C10H16N2OS/c1-6(2)12-9(13)4-8-10(11)7(3)5-14-8/h5-6H,4,11H2,1-3H3,(H,12,13). The van der Waals surface area contributed by atoms with E-state index in [-0.39, 0.29) is 11.9 Å². The molecule has 0 aliphatic rings. The van der Waals surface area contributed by atoms with Crippen molar-refractivity contribution in [1.29, 1.82) is 0 Å². The van der Waals surface area contributed by atoms with E-state index in [1.54, 1.807) is 11.3 Å². The third-order valence-electron chi connectivity index (χ3n) is 1.87. The highest BCUT2D eigenvalue weighted by Crippen LogP contribution is 2.24. The molecule has 3 nitrogen and oxygen atoms in total. The quantitative estimate of drug-likeness (QED) is 0.801. The van der Waals surface area contributed by atoms with Crippen molar-refractivity contribution in [3.05, 3.63) is 15.8 Å². The van der Waals surface area contributed by atoms with E-state index in [0.29, 0.717) is 6.42 Å². The van der Waals surface area contributed by atoms with Crippen LogP contribution in [0.15, 0.2) is 5.38 Å². The van der Waals surface area contributed by atoms with E-state index in [1.807, 2.05) is 26.2 Å². The number of rotatable bonds is 3. The van der Waals surface area contributed by atoms with Crippen LogP contribution in [0, 0.1) is 6.92 Å². The zero-order valence-corrected chi connectivity index (χ0v) is 9.57. The minimum Gasteiger partial charge on any atom is -0.398 e. The molecule has 4 heteroatoms. The van der Waals surface area contributed by atoms with Gasteiger partial charge in [-0.2, -0.15) is 0 Å². The number of aryl methyl sites for hydroxylation is 1. The van der Waals surface area contributed by atoms with Crippen molar-refractivity contribution < 1.29 is 4.79 Å². The lowest BCUT2D eigenvalue weighted by Crippen LogP contribution is -2.31. The Hall–Kier alpha value is -1.03. The van der Waals surface area contributed by atoms with Gasteiger partial charge in [0.25, 0.3) is 0 Å². The van der Waals surface area contributed by atoms with Gasteiger partial charge in [0, 0.05) is 16.6 Å². The summed E-state index contributed by atoms with van der Waals surface area (Å²) in [6.07, 6.45) is 0.391. The van der Waals surface area contributed by atoms with Crippen LogP contribution in [0.25, 0.3) is 0 Å². The molecular weight excluding hydrogens is 196 g/mol. The SMILES string of the molecule is Cc1csc(CC(=O)NC(C)C)c1N. The normalized spacial score (nSPS) is 10.6. The number of thiophene rings is 1. The van der Waals surface area contributed by atoms with Crippen molar-refractivity contribution in [2.24, 2.45) is 0 Å². The number of hydrogen-bond acceptors (Lipinski definition) is 3. The van der Waals surface area contributed by atoms with E-state index >= 15 is 0 Å². The van der Waals surface area contributed by atoms with Crippen LogP contribution in [-0.4, -0.2) is 11.9 Å². The molecule has 0 radical (unpaired) electrons. The number of amides is 1. The van der Waals surface area contributed by atoms with Gasteiger partial charge in [-0.3, -0.25) is 4.79 Å². The minimum atomic E-state index is 0.0357. The summed E-state index contributed by atoms with van der Waals surface area (Å²) in [4.78, 5) is 12.4. The monoisotopic (exact) mass is 212 g/mol. The molecule has 0 fully saturated rings. The van der Waals surface area contributed by atoms with Crippen molar-refractivity contribution >= 4 is 22.9 Å². The molecule has 0 unspecified atom stereocenters. The van der Waals surface area contributed by atoms with Gasteiger partial charge in [0.15, 0.2) is 0 Å². The summed E-state index contributed by atoms with van der Waals surface area (Å²) >= 11 is 1.55. The molecule has 1 amide bonds. The molecule has 14 heavy (non-hydrogen) atoms. The van der Waals surface area contributed by atoms with Crippen LogP contribution in [0.5, 0.6) is 0 Å². The number of carbonyl (C=O) groups is 1. The Morgan fingerprint density at radius 1 is 1.64 bits per heavy atom. The van der Waals surface area contributed by atoms with Gasteiger partial charge in [-0.05, 0) is 31.7 Å². The van der Waals surface area contributed by atoms with Gasteiger partial charge in [-0.1, -0.05) is 0 Å². The maximum absolute atomic E-state index is 11.4. The number of nitrogens with one attached hydrogen (secondary N) is 1. The average Bonchev–Trinajstić information content (AvgIpc) is 2.34. The summed E-state index contributed by atoms with van der Waals surface area (Å²) in [5.41, 5.74) is 7.63. The van der Waals surface area contributed by atoms with E-state index in [1.165, 1.54) is 0 Å². The number of anilines is 1. The molecule has 0 saturated carbocycles. The van der Waals surface area contributed by atoms with E-state index in [9.17, 15) is 4.79 Å². The second-order valence-corrected chi connectivity index (χ2v) is 4.62. The lowest BCUT2D eigenvalue weighted by molar-refractivity contribution is -0.120. The minimum absolute atomic E-state index is 0.0357. The molecule has 3 N–H and O–H groups in total. The second kappa shape index (κ2) is 4.46. The van der Waals surface area contributed by atoms with Crippen molar-refractivity contribution in [2.45, 2.75) is 33.2 Å². The summed E-state index contributed by atoms with van der Waals surface area (Å²) in [7, 11) is 0. The van der Waals surface area contributed by atoms with Crippen LogP contribution >= 0.6 is 11.3 Å². The zero-order chi connectivity index (χ0) is 10.7. The summed E-state index contributed by atoms with van der Waals surface area (Å²) < 4.78 is 0. The van der Waals surface area contributed by atoms with Crippen molar-refractivity contribution in [3.63, 3.8) is 0 Å². The highest BCUT2D eigenvalue weighted by Gasteiger charge is 2.10. The molecule has 0 spiro atoms. The smallest absolute Gasteiger partial charge is 0.225 e. The molecule has 0 aliphatic carbocycles. The number of nitrogen functional groups attached to an aromatic ring is 1. The second-order valence-electron chi connectivity index (χ2n) is 3.65. The first-order chi connectivity index (χ1) is 6.50. The van der Waals surface area contributed by atoms with E-state index in [0.717, 1.165) is 16.1 Å². The van der Waals surface area contributed by atoms with Gasteiger partial charge < -0.3 is 11.1 Å².